The van der Waals surface area contributed by atoms with Crippen molar-refractivity contribution in [1.29, 1.82) is 0 Å². The van der Waals surface area contributed by atoms with Crippen molar-refractivity contribution in [3.05, 3.63) is 40.6 Å². The first-order valence-electron chi connectivity index (χ1n) is 5.67. The maximum Gasteiger partial charge on any atom is 0.366 e. The van der Waals surface area contributed by atoms with E-state index >= 15 is 0 Å². The van der Waals surface area contributed by atoms with Crippen molar-refractivity contribution in [3.8, 4) is 0 Å². The highest BCUT2D eigenvalue weighted by Gasteiger charge is 2.30. The molecule has 3 rings (SSSR count). The van der Waals surface area contributed by atoms with Gasteiger partial charge in [0.2, 0.25) is 0 Å². The monoisotopic (exact) mass is 257 g/mol. The summed E-state index contributed by atoms with van der Waals surface area (Å²) in [5, 5.41) is 10.8. The van der Waals surface area contributed by atoms with Gasteiger partial charge < -0.3 is 15.0 Å². The Morgan fingerprint density at radius 3 is 2.58 bits per heavy atom. The zero-order valence-corrected chi connectivity index (χ0v) is 10.4. The molecule has 0 fully saturated rings. The zero-order chi connectivity index (χ0) is 13.6. The Balaban J connectivity index is 2.21. The molecule has 0 unspecified atom stereocenters. The molecule has 7 nitrogen and oxygen atoms in total. The summed E-state index contributed by atoms with van der Waals surface area (Å²) >= 11 is 0. The number of pyridine rings is 2. The minimum Gasteiger partial charge on any atom is -0.358 e. The molecule has 7 heteroatoms. The predicted molar refractivity (Wildman–Crippen MR) is 71.3 cm³/mol. The summed E-state index contributed by atoms with van der Waals surface area (Å²) in [5.74, 6) is 1.09. The number of anilines is 4. The van der Waals surface area contributed by atoms with Crippen LogP contribution in [0, 0.1) is 10.1 Å². The first-order chi connectivity index (χ1) is 9.09. The molecule has 1 aliphatic rings. The average Bonchev–Trinajstić information content (AvgIpc) is 2.44. The van der Waals surface area contributed by atoms with E-state index in [4.69, 9.17) is 0 Å². The van der Waals surface area contributed by atoms with Crippen molar-refractivity contribution in [2.45, 2.75) is 0 Å². The Morgan fingerprint density at radius 2 is 1.84 bits per heavy atom. The number of nitrogens with zero attached hydrogens (tertiary/aromatic N) is 5. The van der Waals surface area contributed by atoms with Gasteiger partial charge in [0.15, 0.2) is 5.82 Å². The second-order valence-corrected chi connectivity index (χ2v) is 4.23. The van der Waals surface area contributed by atoms with Crippen molar-refractivity contribution in [1.82, 2.24) is 9.97 Å². The molecule has 0 atom stereocenters. The summed E-state index contributed by atoms with van der Waals surface area (Å²) in [4.78, 5) is 22.4. The normalized spacial score (nSPS) is 12.9. The topological polar surface area (TPSA) is 75.4 Å². The van der Waals surface area contributed by atoms with Crippen molar-refractivity contribution in [3.63, 3.8) is 0 Å². The Kier molecular flexibility index (Phi) is 2.34. The molecule has 19 heavy (non-hydrogen) atoms. The standard InChI is InChI=1S/C12H11N5O2/c1-15-8-4-3-7-13-11(8)16(2)12-9(15)5-6-10(14-12)17(18)19/h3-7H,1-2H3. The number of hydrogen-bond acceptors (Lipinski definition) is 6. The van der Waals surface area contributed by atoms with Gasteiger partial charge in [0.1, 0.15) is 5.69 Å². The molecule has 0 aromatic carbocycles. The van der Waals surface area contributed by atoms with Crippen molar-refractivity contribution in [2.75, 3.05) is 23.9 Å². The molecule has 0 saturated carbocycles. The molecule has 0 spiro atoms. The number of nitro groups is 1. The third kappa shape index (κ3) is 1.59. The van der Waals surface area contributed by atoms with E-state index in [0.29, 0.717) is 5.82 Å². The van der Waals surface area contributed by atoms with Crippen LogP contribution in [0.15, 0.2) is 30.5 Å². The smallest absolute Gasteiger partial charge is 0.358 e. The van der Waals surface area contributed by atoms with Crippen LogP contribution in [0.25, 0.3) is 0 Å². The van der Waals surface area contributed by atoms with E-state index < -0.39 is 4.92 Å². The fraction of sp³-hybridized carbons (Fsp3) is 0.167. The van der Waals surface area contributed by atoms with Gasteiger partial charge in [0.25, 0.3) is 5.82 Å². The summed E-state index contributed by atoms with van der Waals surface area (Å²) in [6.45, 7) is 0. The second kappa shape index (κ2) is 3.91. The first kappa shape index (κ1) is 11.4. The molecule has 0 bridgehead atoms. The predicted octanol–water partition coefficient (Wildman–Crippen LogP) is 2.23. The largest absolute Gasteiger partial charge is 0.366 e. The average molecular weight is 257 g/mol. The van der Waals surface area contributed by atoms with Gasteiger partial charge in [-0.25, -0.2) is 4.98 Å². The molecule has 2 aromatic rings. The lowest BCUT2D eigenvalue weighted by molar-refractivity contribution is -0.389. The van der Waals surface area contributed by atoms with Gasteiger partial charge in [-0.2, -0.15) is 0 Å². The van der Waals surface area contributed by atoms with Crippen LogP contribution in [-0.4, -0.2) is 29.0 Å². The van der Waals surface area contributed by atoms with Gasteiger partial charge >= 0.3 is 5.82 Å². The van der Waals surface area contributed by atoms with E-state index in [9.17, 15) is 10.1 Å². The maximum absolute atomic E-state index is 10.8. The SMILES string of the molecule is CN1c2cccnc2N(C)c2nc([N+](=O)[O-])ccc21. The Bertz CT molecular complexity index is 673. The van der Waals surface area contributed by atoms with Crippen LogP contribution in [0.1, 0.15) is 0 Å². The van der Waals surface area contributed by atoms with Gasteiger partial charge in [0.05, 0.1) is 5.69 Å². The Hall–Kier alpha value is -2.70. The van der Waals surface area contributed by atoms with Crippen molar-refractivity contribution >= 4 is 28.8 Å². The van der Waals surface area contributed by atoms with Crippen molar-refractivity contribution in [2.24, 2.45) is 0 Å². The molecular weight excluding hydrogens is 246 g/mol. The highest BCUT2D eigenvalue weighted by Crippen LogP contribution is 2.44. The third-order valence-corrected chi connectivity index (χ3v) is 3.15. The summed E-state index contributed by atoms with van der Waals surface area (Å²) in [7, 11) is 3.69. The Labute approximate surface area is 109 Å². The summed E-state index contributed by atoms with van der Waals surface area (Å²) < 4.78 is 0. The number of rotatable bonds is 1. The highest BCUT2D eigenvalue weighted by molar-refractivity contribution is 5.89. The van der Waals surface area contributed by atoms with E-state index in [1.807, 2.05) is 24.1 Å². The molecule has 3 heterocycles. The molecule has 96 valence electrons. The van der Waals surface area contributed by atoms with Crippen LogP contribution in [0.4, 0.5) is 28.8 Å². The van der Waals surface area contributed by atoms with Gasteiger partial charge in [-0.3, -0.25) is 4.90 Å². The lowest BCUT2D eigenvalue weighted by atomic mass is 10.2. The first-order valence-corrected chi connectivity index (χ1v) is 5.67. The molecule has 1 aliphatic heterocycles. The number of hydrogen-bond donors (Lipinski definition) is 0. The minimum atomic E-state index is -0.498. The van der Waals surface area contributed by atoms with Gasteiger partial charge in [-0.1, -0.05) is 0 Å². The van der Waals surface area contributed by atoms with Crippen LogP contribution in [-0.2, 0) is 0 Å². The molecular formula is C12H11N5O2. The summed E-state index contributed by atoms with van der Waals surface area (Å²) in [6, 6.07) is 6.91. The van der Waals surface area contributed by atoms with Gasteiger partial charge in [-0.15, -0.1) is 0 Å². The zero-order valence-electron chi connectivity index (χ0n) is 10.4. The van der Waals surface area contributed by atoms with E-state index in [2.05, 4.69) is 9.97 Å². The van der Waals surface area contributed by atoms with Gasteiger partial charge in [-0.05, 0) is 28.1 Å². The molecule has 2 aromatic heterocycles. The van der Waals surface area contributed by atoms with Crippen LogP contribution < -0.4 is 9.80 Å². The van der Waals surface area contributed by atoms with E-state index in [0.717, 1.165) is 17.2 Å². The summed E-state index contributed by atoms with van der Waals surface area (Å²) in [5.41, 5.74) is 1.75. The van der Waals surface area contributed by atoms with E-state index in [1.54, 1.807) is 24.2 Å². The second-order valence-electron chi connectivity index (χ2n) is 4.23. The highest BCUT2D eigenvalue weighted by atomic mass is 16.6. The fourth-order valence-electron chi connectivity index (χ4n) is 2.18. The molecule has 0 radical (unpaired) electrons. The summed E-state index contributed by atoms with van der Waals surface area (Å²) in [6.07, 6.45) is 1.69. The van der Waals surface area contributed by atoms with Crippen LogP contribution in [0.5, 0.6) is 0 Å². The number of aromatic nitrogens is 2. The number of fused-ring (bicyclic) bond motifs is 2. The fourth-order valence-corrected chi connectivity index (χ4v) is 2.18. The van der Waals surface area contributed by atoms with Crippen molar-refractivity contribution < 1.29 is 4.92 Å². The van der Waals surface area contributed by atoms with E-state index in [1.165, 1.54) is 6.07 Å². The minimum absolute atomic E-state index is 0.168. The van der Waals surface area contributed by atoms with Crippen LogP contribution in [0.2, 0.25) is 0 Å². The quantitative estimate of drug-likeness (QED) is 0.576. The van der Waals surface area contributed by atoms with Crippen LogP contribution >= 0.6 is 0 Å². The molecule has 0 amide bonds. The third-order valence-electron chi connectivity index (χ3n) is 3.15. The van der Waals surface area contributed by atoms with Gasteiger partial charge in [0, 0.05) is 26.4 Å². The maximum atomic E-state index is 10.8. The van der Waals surface area contributed by atoms with Crippen LogP contribution in [0.3, 0.4) is 0 Å². The lowest BCUT2D eigenvalue weighted by Crippen LogP contribution is -2.26. The molecule has 0 aliphatic carbocycles. The molecule has 0 N–H and O–H groups in total. The lowest BCUT2D eigenvalue weighted by Gasteiger charge is -2.31. The Morgan fingerprint density at radius 1 is 1.11 bits per heavy atom. The molecule has 0 saturated heterocycles. The van der Waals surface area contributed by atoms with E-state index in [-0.39, 0.29) is 5.82 Å².